The largest absolute Gasteiger partial charge is 0.468 e. The van der Waals surface area contributed by atoms with Crippen LogP contribution < -0.4 is 15.4 Å². The summed E-state index contributed by atoms with van der Waals surface area (Å²) in [6.45, 7) is 6.36. The van der Waals surface area contributed by atoms with E-state index in [9.17, 15) is 18.0 Å². The summed E-state index contributed by atoms with van der Waals surface area (Å²) >= 11 is 0. The number of pyridine rings is 1. The maximum atomic E-state index is 12.4. The molecule has 1 saturated heterocycles. The van der Waals surface area contributed by atoms with E-state index in [4.69, 9.17) is 9.47 Å². The highest BCUT2D eigenvalue weighted by Crippen LogP contribution is 2.20. The van der Waals surface area contributed by atoms with E-state index < -0.39 is 18.8 Å². The number of carbonyl (C=O) groups excluding carboxylic acids is 1. The molecule has 2 heterocycles. The fourth-order valence-electron chi connectivity index (χ4n) is 3.14. The number of rotatable bonds is 9. The number of alkyl halides is 3. The summed E-state index contributed by atoms with van der Waals surface area (Å²) in [5, 5.41) is 5.51. The van der Waals surface area contributed by atoms with Crippen LogP contribution >= 0.6 is 0 Å². The Morgan fingerprint density at radius 1 is 1.31 bits per heavy atom. The Balaban J connectivity index is 1.84. The van der Waals surface area contributed by atoms with Gasteiger partial charge in [0.2, 0.25) is 5.88 Å². The van der Waals surface area contributed by atoms with Crippen LogP contribution in [0.5, 0.6) is 5.88 Å². The SMILES string of the molecule is CC(C)CC(CNC(=O)NCc1cccnc1OCC(F)(F)F)N1CCOCC1. The van der Waals surface area contributed by atoms with E-state index in [1.165, 1.54) is 6.20 Å². The smallest absolute Gasteiger partial charge is 0.422 e. The third-order valence-corrected chi connectivity index (χ3v) is 4.47. The molecule has 1 aliphatic rings. The second-order valence-corrected chi connectivity index (χ2v) is 7.37. The number of hydrogen-bond acceptors (Lipinski definition) is 5. The Morgan fingerprint density at radius 2 is 2.03 bits per heavy atom. The Bertz CT molecular complexity index is 637. The van der Waals surface area contributed by atoms with E-state index in [0.29, 0.717) is 31.2 Å². The lowest BCUT2D eigenvalue weighted by Crippen LogP contribution is -2.50. The molecule has 0 aliphatic carbocycles. The number of halogens is 3. The molecule has 1 aromatic rings. The predicted molar refractivity (Wildman–Crippen MR) is 102 cm³/mol. The van der Waals surface area contributed by atoms with Crippen LogP contribution in [0, 0.1) is 5.92 Å². The second-order valence-electron chi connectivity index (χ2n) is 7.37. The highest BCUT2D eigenvalue weighted by atomic mass is 19.4. The molecule has 2 N–H and O–H groups in total. The molecule has 0 bridgehead atoms. The van der Waals surface area contributed by atoms with Gasteiger partial charge in [-0.05, 0) is 18.4 Å². The van der Waals surface area contributed by atoms with Crippen molar-refractivity contribution in [3.8, 4) is 5.88 Å². The molecule has 1 fully saturated rings. The van der Waals surface area contributed by atoms with Gasteiger partial charge >= 0.3 is 12.2 Å². The quantitative estimate of drug-likeness (QED) is 0.645. The van der Waals surface area contributed by atoms with Crippen molar-refractivity contribution in [1.82, 2.24) is 20.5 Å². The molecular formula is C19H29F3N4O3. The van der Waals surface area contributed by atoms with Crippen molar-refractivity contribution in [1.29, 1.82) is 0 Å². The first-order chi connectivity index (χ1) is 13.7. The first kappa shape index (κ1) is 23.2. The zero-order valence-corrected chi connectivity index (χ0v) is 16.8. The van der Waals surface area contributed by atoms with Crippen LogP contribution in [-0.2, 0) is 11.3 Å². The molecule has 10 heteroatoms. The first-order valence-electron chi connectivity index (χ1n) is 9.71. The van der Waals surface area contributed by atoms with Crippen molar-refractivity contribution in [3.05, 3.63) is 23.9 Å². The molecule has 7 nitrogen and oxygen atoms in total. The lowest BCUT2D eigenvalue weighted by atomic mass is 10.0. The molecule has 2 amide bonds. The minimum atomic E-state index is -4.45. The molecule has 0 saturated carbocycles. The molecule has 0 aromatic carbocycles. The van der Waals surface area contributed by atoms with Gasteiger partial charge in [0, 0.05) is 44.0 Å². The fourth-order valence-corrected chi connectivity index (χ4v) is 3.14. The molecule has 1 aliphatic heterocycles. The summed E-state index contributed by atoms with van der Waals surface area (Å²) in [4.78, 5) is 18.3. The highest BCUT2D eigenvalue weighted by Gasteiger charge is 2.29. The molecule has 1 aromatic heterocycles. The molecule has 1 atom stereocenters. The van der Waals surface area contributed by atoms with Gasteiger partial charge < -0.3 is 20.1 Å². The van der Waals surface area contributed by atoms with Crippen molar-refractivity contribution in [2.45, 2.75) is 39.0 Å². The van der Waals surface area contributed by atoms with Gasteiger partial charge in [0.1, 0.15) is 0 Å². The zero-order chi connectivity index (χ0) is 21.3. The van der Waals surface area contributed by atoms with E-state index in [1.54, 1.807) is 12.1 Å². The van der Waals surface area contributed by atoms with Gasteiger partial charge in [-0.3, -0.25) is 4.90 Å². The molecule has 0 radical (unpaired) electrons. The highest BCUT2D eigenvalue weighted by molar-refractivity contribution is 5.73. The number of hydrogen-bond donors (Lipinski definition) is 2. The summed E-state index contributed by atoms with van der Waals surface area (Å²) < 4.78 is 47.2. The molecule has 0 spiro atoms. The monoisotopic (exact) mass is 418 g/mol. The number of nitrogens with zero attached hydrogens (tertiary/aromatic N) is 2. The molecular weight excluding hydrogens is 389 g/mol. The van der Waals surface area contributed by atoms with Gasteiger partial charge in [0.25, 0.3) is 0 Å². The minimum absolute atomic E-state index is 0.0132. The van der Waals surface area contributed by atoms with E-state index in [1.807, 2.05) is 0 Å². The van der Waals surface area contributed by atoms with Crippen molar-refractivity contribution >= 4 is 6.03 Å². The number of aromatic nitrogens is 1. The van der Waals surface area contributed by atoms with Crippen LogP contribution in [0.1, 0.15) is 25.8 Å². The van der Waals surface area contributed by atoms with Crippen LogP contribution in [0.3, 0.4) is 0 Å². The number of urea groups is 1. The van der Waals surface area contributed by atoms with Crippen LogP contribution in [0.15, 0.2) is 18.3 Å². The lowest BCUT2D eigenvalue weighted by molar-refractivity contribution is -0.154. The summed E-state index contributed by atoms with van der Waals surface area (Å²) in [6, 6.07) is 2.95. The predicted octanol–water partition coefficient (Wildman–Crippen LogP) is 2.57. The second kappa shape index (κ2) is 11.2. The summed E-state index contributed by atoms with van der Waals surface area (Å²) in [7, 11) is 0. The normalized spacial score (nSPS) is 16.5. The van der Waals surface area contributed by atoms with E-state index >= 15 is 0 Å². The van der Waals surface area contributed by atoms with Crippen molar-refractivity contribution in [2.24, 2.45) is 5.92 Å². The average Bonchev–Trinajstić information content (AvgIpc) is 2.68. The van der Waals surface area contributed by atoms with Gasteiger partial charge in [0.15, 0.2) is 6.61 Å². The Kier molecular flexibility index (Phi) is 8.97. The molecule has 1 unspecified atom stereocenters. The lowest BCUT2D eigenvalue weighted by Gasteiger charge is -2.35. The summed E-state index contributed by atoms with van der Waals surface area (Å²) in [5.41, 5.74) is 0.374. The van der Waals surface area contributed by atoms with E-state index in [-0.39, 0.29) is 18.5 Å². The Morgan fingerprint density at radius 3 is 2.69 bits per heavy atom. The maximum absolute atomic E-state index is 12.4. The molecule has 29 heavy (non-hydrogen) atoms. The minimum Gasteiger partial charge on any atom is -0.468 e. The van der Waals surface area contributed by atoms with Gasteiger partial charge in [0.05, 0.1) is 13.2 Å². The third kappa shape index (κ3) is 8.86. The molecule has 164 valence electrons. The summed E-state index contributed by atoms with van der Waals surface area (Å²) in [6.07, 6.45) is -2.17. The van der Waals surface area contributed by atoms with Crippen LogP contribution in [0.4, 0.5) is 18.0 Å². The first-order valence-corrected chi connectivity index (χ1v) is 9.71. The summed E-state index contributed by atoms with van der Waals surface area (Å²) in [5.74, 6) is 0.340. The number of amides is 2. The van der Waals surface area contributed by atoms with Gasteiger partial charge in [-0.1, -0.05) is 19.9 Å². The third-order valence-electron chi connectivity index (χ3n) is 4.47. The van der Waals surface area contributed by atoms with Crippen molar-refractivity contribution in [2.75, 3.05) is 39.5 Å². The fraction of sp³-hybridized carbons (Fsp3) is 0.684. The Labute approximate surface area is 168 Å². The molecule has 2 rings (SSSR count). The van der Waals surface area contributed by atoms with Crippen LogP contribution in [-0.4, -0.2) is 67.6 Å². The Hall–Kier alpha value is -2.07. The van der Waals surface area contributed by atoms with Crippen LogP contribution in [0.25, 0.3) is 0 Å². The maximum Gasteiger partial charge on any atom is 0.422 e. The number of nitrogens with one attached hydrogen (secondary N) is 2. The van der Waals surface area contributed by atoms with Crippen molar-refractivity contribution < 1.29 is 27.4 Å². The zero-order valence-electron chi connectivity index (χ0n) is 16.8. The van der Waals surface area contributed by atoms with E-state index in [2.05, 4.69) is 34.4 Å². The van der Waals surface area contributed by atoms with Gasteiger partial charge in [-0.15, -0.1) is 0 Å². The topological polar surface area (TPSA) is 75.7 Å². The average molecular weight is 418 g/mol. The van der Waals surface area contributed by atoms with Gasteiger partial charge in [-0.2, -0.15) is 13.2 Å². The van der Waals surface area contributed by atoms with Gasteiger partial charge in [-0.25, -0.2) is 9.78 Å². The number of ether oxygens (including phenoxy) is 2. The van der Waals surface area contributed by atoms with Crippen molar-refractivity contribution in [3.63, 3.8) is 0 Å². The number of morpholine rings is 1. The number of carbonyl (C=O) groups is 1. The van der Waals surface area contributed by atoms with Crippen LogP contribution in [0.2, 0.25) is 0 Å². The standard InChI is InChI=1S/C19H29F3N4O3/c1-14(2)10-16(26-6-8-28-9-7-26)12-25-18(27)24-11-15-4-3-5-23-17(15)29-13-19(20,21)22/h3-5,14,16H,6-13H2,1-2H3,(H2,24,25,27). The van der Waals surface area contributed by atoms with E-state index in [0.717, 1.165) is 19.5 Å².